The Hall–Kier alpha value is -0.800. The molecule has 0 radical (unpaired) electrons. The number of hydrogen-bond acceptors (Lipinski definition) is 3. The fourth-order valence-corrected chi connectivity index (χ4v) is 1.39. The quantitative estimate of drug-likeness (QED) is 0.809. The molecule has 15 heavy (non-hydrogen) atoms. The van der Waals surface area contributed by atoms with Gasteiger partial charge in [-0.25, -0.2) is 0 Å². The molecule has 0 aliphatic rings. The number of nitrogens with zero attached hydrogens (tertiary/aromatic N) is 1. The first-order valence-electron chi connectivity index (χ1n) is 5.39. The van der Waals surface area contributed by atoms with E-state index in [1.165, 1.54) is 0 Å². The Morgan fingerprint density at radius 1 is 1.40 bits per heavy atom. The van der Waals surface area contributed by atoms with Gasteiger partial charge in [0.1, 0.15) is 11.5 Å². The molecule has 0 aliphatic carbocycles. The van der Waals surface area contributed by atoms with Crippen LogP contribution < -0.4 is 5.73 Å². The molecule has 0 unspecified atom stereocenters. The Labute approximate surface area is 92.2 Å². The molecule has 0 aliphatic heterocycles. The maximum Gasteiger partial charge on any atom is 0.118 e. The molecule has 0 fully saturated rings. The maximum atomic E-state index is 5.93. The van der Waals surface area contributed by atoms with Crippen LogP contribution in [0.15, 0.2) is 16.5 Å². The number of nitrogens with two attached hydrogens (primary N) is 1. The molecule has 86 valence electrons. The van der Waals surface area contributed by atoms with Crippen molar-refractivity contribution in [1.82, 2.24) is 4.90 Å². The minimum atomic E-state index is -0.0899. The van der Waals surface area contributed by atoms with Gasteiger partial charge in [-0.05, 0) is 46.4 Å². The van der Waals surface area contributed by atoms with Gasteiger partial charge in [0.15, 0.2) is 0 Å². The molecule has 1 aromatic heterocycles. The molecular formula is C12H22N2O. The van der Waals surface area contributed by atoms with E-state index in [9.17, 15) is 0 Å². The molecular weight excluding hydrogens is 188 g/mol. The number of aryl methyl sites for hydroxylation is 1. The van der Waals surface area contributed by atoms with Crippen molar-refractivity contribution in [3.8, 4) is 0 Å². The summed E-state index contributed by atoms with van der Waals surface area (Å²) in [6.45, 7) is 7.91. The summed E-state index contributed by atoms with van der Waals surface area (Å²) in [5.74, 6) is 1.99. The first kappa shape index (κ1) is 12.3. The van der Waals surface area contributed by atoms with Crippen LogP contribution in [0.5, 0.6) is 0 Å². The highest BCUT2D eigenvalue weighted by Gasteiger charge is 2.12. The van der Waals surface area contributed by atoms with Crippen LogP contribution in [0.2, 0.25) is 0 Å². The van der Waals surface area contributed by atoms with Crippen LogP contribution >= 0.6 is 0 Å². The average molecular weight is 210 g/mol. The minimum absolute atomic E-state index is 0.0899. The summed E-state index contributed by atoms with van der Waals surface area (Å²) in [4.78, 5) is 2.23. The standard InChI is InChI=1S/C12H22N2O/c1-10-5-6-11(15-10)9-14(4)8-7-12(2,3)13/h5-6H,7-9,13H2,1-4H3. The van der Waals surface area contributed by atoms with Gasteiger partial charge >= 0.3 is 0 Å². The lowest BCUT2D eigenvalue weighted by Gasteiger charge is -2.22. The van der Waals surface area contributed by atoms with E-state index < -0.39 is 0 Å². The van der Waals surface area contributed by atoms with Crippen LogP contribution in [0.4, 0.5) is 0 Å². The first-order chi connectivity index (χ1) is 6.87. The lowest BCUT2D eigenvalue weighted by Crippen LogP contribution is -2.36. The zero-order valence-electron chi connectivity index (χ0n) is 10.2. The minimum Gasteiger partial charge on any atom is -0.465 e. The molecule has 0 spiro atoms. The molecule has 0 amide bonds. The van der Waals surface area contributed by atoms with Gasteiger partial charge in [0.2, 0.25) is 0 Å². The molecule has 1 rings (SSSR count). The Morgan fingerprint density at radius 2 is 2.07 bits per heavy atom. The smallest absolute Gasteiger partial charge is 0.118 e. The van der Waals surface area contributed by atoms with Crippen LogP contribution in [0.3, 0.4) is 0 Å². The van der Waals surface area contributed by atoms with Gasteiger partial charge in [-0.2, -0.15) is 0 Å². The van der Waals surface area contributed by atoms with Gasteiger partial charge in [0.05, 0.1) is 6.54 Å². The Bertz CT molecular complexity index is 299. The topological polar surface area (TPSA) is 42.4 Å². The summed E-state index contributed by atoms with van der Waals surface area (Å²) in [5, 5.41) is 0. The van der Waals surface area contributed by atoms with Crippen LogP contribution in [0.1, 0.15) is 31.8 Å². The van der Waals surface area contributed by atoms with Crippen molar-refractivity contribution in [1.29, 1.82) is 0 Å². The van der Waals surface area contributed by atoms with Crippen molar-refractivity contribution in [2.75, 3.05) is 13.6 Å². The van der Waals surface area contributed by atoms with Crippen molar-refractivity contribution in [3.05, 3.63) is 23.7 Å². The zero-order chi connectivity index (χ0) is 11.5. The predicted octanol–water partition coefficient (Wildman–Crippen LogP) is 2.15. The molecule has 1 heterocycles. The van der Waals surface area contributed by atoms with Gasteiger partial charge in [0, 0.05) is 12.1 Å². The van der Waals surface area contributed by atoms with E-state index >= 15 is 0 Å². The summed E-state index contributed by atoms with van der Waals surface area (Å²) < 4.78 is 5.51. The number of furan rings is 1. The summed E-state index contributed by atoms with van der Waals surface area (Å²) >= 11 is 0. The molecule has 0 saturated carbocycles. The summed E-state index contributed by atoms with van der Waals surface area (Å²) in [5.41, 5.74) is 5.84. The van der Waals surface area contributed by atoms with E-state index in [0.717, 1.165) is 31.0 Å². The molecule has 3 heteroatoms. The Balaban J connectivity index is 2.33. The molecule has 2 N–H and O–H groups in total. The molecule has 0 bridgehead atoms. The van der Waals surface area contributed by atoms with Crippen LogP contribution in [0, 0.1) is 6.92 Å². The van der Waals surface area contributed by atoms with E-state index in [2.05, 4.69) is 25.8 Å². The Kier molecular flexibility index (Phi) is 3.94. The fraction of sp³-hybridized carbons (Fsp3) is 0.667. The van der Waals surface area contributed by atoms with Crippen molar-refractivity contribution >= 4 is 0 Å². The number of rotatable bonds is 5. The van der Waals surface area contributed by atoms with Gasteiger partial charge in [0.25, 0.3) is 0 Å². The largest absolute Gasteiger partial charge is 0.465 e. The van der Waals surface area contributed by atoms with Crippen LogP contribution in [-0.2, 0) is 6.54 Å². The number of hydrogen-bond donors (Lipinski definition) is 1. The van der Waals surface area contributed by atoms with Crippen molar-refractivity contribution in [2.24, 2.45) is 5.73 Å². The second-order valence-electron chi connectivity index (χ2n) is 4.99. The van der Waals surface area contributed by atoms with E-state index in [0.29, 0.717) is 0 Å². The third-order valence-corrected chi connectivity index (χ3v) is 2.36. The normalized spacial score (nSPS) is 12.4. The van der Waals surface area contributed by atoms with Gasteiger partial charge in [-0.15, -0.1) is 0 Å². The van der Waals surface area contributed by atoms with Gasteiger partial charge < -0.3 is 10.2 Å². The van der Waals surface area contributed by atoms with E-state index in [-0.39, 0.29) is 5.54 Å². The van der Waals surface area contributed by atoms with Crippen LogP contribution in [0.25, 0.3) is 0 Å². The van der Waals surface area contributed by atoms with Crippen molar-refractivity contribution in [2.45, 2.75) is 39.3 Å². The second-order valence-corrected chi connectivity index (χ2v) is 4.99. The van der Waals surface area contributed by atoms with Crippen molar-refractivity contribution < 1.29 is 4.42 Å². The van der Waals surface area contributed by atoms with Gasteiger partial charge in [-0.3, -0.25) is 4.90 Å². The Morgan fingerprint density at radius 3 is 2.53 bits per heavy atom. The zero-order valence-corrected chi connectivity index (χ0v) is 10.2. The molecule has 0 saturated heterocycles. The highest BCUT2D eigenvalue weighted by atomic mass is 16.3. The monoisotopic (exact) mass is 210 g/mol. The first-order valence-corrected chi connectivity index (χ1v) is 5.39. The van der Waals surface area contributed by atoms with E-state index in [1.54, 1.807) is 0 Å². The second kappa shape index (κ2) is 4.81. The van der Waals surface area contributed by atoms with Gasteiger partial charge in [-0.1, -0.05) is 0 Å². The SMILES string of the molecule is Cc1ccc(CN(C)CCC(C)(C)N)o1. The highest BCUT2D eigenvalue weighted by Crippen LogP contribution is 2.10. The molecule has 1 aromatic rings. The van der Waals surface area contributed by atoms with Crippen molar-refractivity contribution in [3.63, 3.8) is 0 Å². The third-order valence-electron chi connectivity index (χ3n) is 2.36. The lowest BCUT2D eigenvalue weighted by atomic mass is 10.0. The van der Waals surface area contributed by atoms with Crippen LogP contribution in [-0.4, -0.2) is 24.0 Å². The molecule has 0 aromatic carbocycles. The average Bonchev–Trinajstić information content (AvgIpc) is 2.47. The van der Waals surface area contributed by atoms with E-state index in [1.807, 2.05) is 19.1 Å². The third kappa shape index (κ3) is 5.00. The predicted molar refractivity (Wildman–Crippen MR) is 62.7 cm³/mol. The fourth-order valence-electron chi connectivity index (χ4n) is 1.39. The molecule has 0 atom stereocenters. The van der Waals surface area contributed by atoms with E-state index in [4.69, 9.17) is 10.2 Å². The maximum absolute atomic E-state index is 5.93. The lowest BCUT2D eigenvalue weighted by molar-refractivity contribution is 0.265. The summed E-state index contributed by atoms with van der Waals surface area (Å²) in [6, 6.07) is 4.02. The molecule has 3 nitrogen and oxygen atoms in total. The highest BCUT2D eigenvalue weighted by molar-refractivity contribution is 5.05. The summed E-state index contributed by atoms with van der Waals surface area (Å²) in [6.07, 6.45) is 0.989. The summed E-state index contributed by atoms with van der Waals surface area (Å²) in [7, 11) is 2.09.